The molecule has 1 N–H and O–H groups in total. The molecular weight excluding hydrogens is 279 g/mol. The van der Waals surface area contributed by atoms with E-state index in [0.29, 0.717) is 16.3 Å². The van der Waals surface area contributed by atoms with Gasteiger partial charge in [-0.15, -0.1) is 0 Å². The molecule has 0 aliphatic carbocycles. The maximum absolute atomic E-state index is 13.8. The van der Waals surface area contributed by atoms with Crippen molar-refractivity contribution in [2.24, 2.45) is 0 Å². The van der Waals surface area contributed by atoms with Crippen molar-refractivity contribution < 1.29 is 9.13 Å². The van der Waals surface area contributed by atoms with Gasteiger partial charge >= 0.3 is 0 Å². The normalized spacial score (nSPS) is 13.8. The summed E-state index contributed by atoms with van der Waals surface area (Å²) in [4.78, 5) is 3.76. The summed E-state index contributed by atoms with van der Waals surface area (Å²) in [6, 6.07) is 8.50. The van der Waals surface area contributed by atoms with Crippen LogP contribution in [0.3, 0.4) is 0 Å². The van der Waals surface area contributed by atoms with Crippen molar-refractivity contribution in [2.45, 2.75) is 19.1 Å². The van der Waals surface area contributed by atoms with Crippen LogP contribution in [-0.2, 0) is 0 Å². The first-order valence-corrected chi connectivity index (χ1v) is 6.68. The summed E-state index contributed by atoms with van der Waals surface area (Å²) in [6.07, 6.45) is 2.50. The number of hydrogen-bond acceptors (Lipinski definition) is 3. The van der Waals surface area contributed by atoms with E-state index in [2.05, 4.69) is 10.3 Å². The Morgan fingerprint density at radius 2 is 2.15 bits per heavy atom. The zero-order valence-corrected chi connectivity index (χ0v) is 12.1. The third kappa shape index (κ3) is 3.46. The van der Waals surface area contributed by atoms with Gasteiger partial charge in [-0.2, -0.15) is 0 Å². The fourth-order valence-corrected chi connectivity index (χ4v) is 2.28. The van der Waals surface area contributed by atoms with Crippen LogP contribution in [0.5, 0.6) is 5.75 Å². The van der Waals surface area contributed by atoms with Crippen LogP contribution < -0.4 is 10.1 Å². The first-order chi connectivity index (χ1) is 9.61. The summed E-state index contributed by atoms with van der Waals surface area (Å²) in [5.41, 5.74) is 0.525. The Balaban J connectivity index is 2.18. The highest BCUT2D eigenvalue weighted by Gasteiger charge is 2.22. The Bertz CT molecular complexity index is 579. The van der Waals surface area contributed by atoms with E-state index in [1.54, 1.807) is 31.4 Å². The minimum absolute atomic E-state index is 0.268. The third-order valence-corrected chi connectivity index (χ3v) is 3.27. The van der Waals surface area contributed by atoms with E-state index in [-0.39, 0.29) is 18.0 Å². The summed E-state index contributed by atoms with van der Waals surface area (Å²) in [6.45, 7) is 1.88. The molecule has 0 saturated heterocycles. The van der Waals surface area contributed by atoms with Crippen molar-refractivity contribution in [3.63, 3.8) is 0 Å². The van der Waals surface area contributed by atoms with E-state index < -0.39 is 0 Å². The first-order valence-electron chi connectivity index (χ1n) is 6.30. The quantitative estimate of drug-likeness (QED) is 0.915. The average molecular weight is 295 g/mol. The smallest absolute Gasteiger partial charge is 0.146 e. The number of ether oxygens (including phenoxy) is 1. The maximum atomic E-state index is 13.8. The molecule has 0 spiro atoms. The van der Waals surface area contributed by atoms with Gasteiger partial charge in [0.1, 0.15) is 17.7 Å². The fourth-order valence-electron chi connectivity index (χ4n) is 2.10. The molecule has 0 radical (unpaired) electrons. The number of halogens is 2. The molecule has 0 aliphatic rings. The van der Waals surface area contributed by atoms with Crippen LogP contribution in [0, 0.1) is 5.82 Å². The second-order valence-corrected chi connectivity index (χ2v) is 4.88. The van der Waals surface area contributed by atoms with E-state index in [1.807, 2.05) is 19.1 Å². The van der Waals surface area contributed by atoms with Gasteiger partial charge in [-0.3, -0.25) is 4.98 Å². The number of rotatable bonds is 5. The van der Waals surface area contributed by atoms with Crippen molar-refractivity contribution in [3.8, 4) is 5.75 Å². The topological polar surface area (TPSA) is 34.2 Å². The van der Waals surface area contributed by atoms with Crippen LogP contribution in [-0.4, -0.2) is 18.1 Å². The molecule has 1 heterocycles. The van der Waals surface area contributed by atoms with Gasteiger partial charge in [-0.25, -0.2) is 4.39 Å². The molecule has 20 heavy (non-hydrogen) atoms. The number of nitrogens with zero attached hydrogens (tertiary/aromatic N) is 1. The van der Waals surface area contributed by atoms with Gasteiger partial charge in [0.05, 0.1) is 12.2 Å². The largest absolute Gasteiger partial charge is 0.489 e. The van der Waals surface area contributed by atoms with Gasteiger partial charge in [0.2, 0.25) is 0 Å². The predicted octanol–water partition coefficient (Wildman–Crippen LogP) is 3.60. The lowest BCUT2D eigenvalue weighted by Crippen LogP contribution is -2.32. The molecule has 0 aliphatic heterocycles. The molecule has 106 valence electrons. The Kier molecular flexibility index (Phi) is 4.93. The number of pyridine rings is 1. The lowest BCUT2D eigenvalue weighted by Gasteiger charge is -2.25. The van der Waals surface area contributed by atoms with Crippen LogP contribution in [0.1, 0.15) is 18.5 Å². The van der Waals surface area contributed by atoms with Crippen molar-refractivity contribution in [1.82, 2.24) is 10.3 Å². The number of aromatic nitrogens is 1. The fraction of sp³-hybridized carbons (Fsp3) is 0.267. The Hall–Kier alpha value is -1.65. The molecule has 1 aromatic carbocycles. The Morgan fingerprint density at radius 1 is 1.35 bits per heavy atom. The monoisotopic (exact) mass is 294 g/mol. The van der Waals surface area contributed by atoms with Crippen molar-refractivity contribution in [3.05, 3.63) is 59.1 Å². The van der Waals surface area contributed by atoms with Gasteiger partial charge in [0.25, 0.3) is 0 Å². The molecule has 3 nitrogen and oxygen atoms in total. The number of likely N-dealkylation sites (N-methyl/N-ethyl adjacent to an activating group) is 1. The molecule has 0 saturated carbocycles. The van der Waals surface area contributed by atoms with E-state index in [1.165, 1.54) is 6.20 Å². The Morgan fingerprint density at radius 3 is 2.80 bits per heavy atom. The summed E-state index contributed by atoms with van der Waals surface area (Å²) in [7, 11) is 1.77. The van der Waals surface area contributed by atoms with Crippen molar-refractivity contribution >= 4 is 11.6 Å². The first kappa shape index (κ1) is 14.8. The van der Waals surface area contributed by atoms with Gasteiger partial charge in [0, 0.05) is 16.8 Å². The molecule has 2 rings (SSSR count). The second-order valence-electron chi connectivity index (χ2n) is 4.44. The molecule has 1 aromatic heterocycles. The van der Waals surface area contributed by atoms with E-state index in [0.717, 1.165) is 0 Å². The summed E-state index contributed by atoms with van der Waals surface area (Å²) >= 11 is 5.92. The van der Waals surface area contributed by atoms with Crippen LogP contribution in [0.4, 0.5) is 4.39 Å². The lowest BCUT2D eigenvalue weighted by atomic mass is 10.0. The van der Waals surface area contributed by atoms with Gasteiger partial charge in [0.15, 0.2) is 0 Å². The molecule has 5 heteroatoms. The average Bonchev–Trinajstić information content (AvgIpc) is 2.41. The minimum Gasteiger partial charge on any atom is -0.489 e. The molecule has 0 bridgehead atoms. The van der Waals surface area contributed by atoms with Crippen LogP contribution in [0.15, 0.2) is 42.7 Å². The summed E-state index contributed by atoms with van der Waals surface area (Å²) < 4.78 is 19.6. The number of hydrogen-bond donors (Lipinski definition) is 1. The SMILES string of the molecule is CNC(c1ccncc1F)C(C)Oc1cccc(Cl)c1. The standard InChI is InChI=1S/C15H16ClFN2O/c1-10(20-12-5-3-4-11(16)8-12)15(18-2)13-6-7-19-9-14(13)17/h3-10,15,18H,1-2H3. The molecule has 0 amide bonds. The molecule has 0 fully saturated rings. The predicted molar refractivity (Wildman–Crippen MR) is 77.5 cm³/mol. The van der Waals surface area contributed by atoms with Crippen LogP contribution in [0.25, 0.3) is 0 Å². The van der Waals surface area contributed by atoms with E-state index >= 15 is 0 Å². The minimum atomic E-state index is -0.353. The summed E-state index contributed by atoms with van der Waals surface area (Å²) in [5.74, 6) is 0.299. The number of benzene rings is 1. The maximum Gasteiger partial charge on any atom is 0.146 e. The molecular formula is C15H16ClFN2O. The highest BCUT2D eigenvalue weighted by atomic mass is 35.5. The van der Waals surface area contributed by atoms with E-state index in [4.69, 9.17) is 16.3 Å². The van der Waals surface area contributed by atoms with Gasteiger partial charge in [-0.1, -0.05) is 17.7 Å². The van der Waals surface area contributed by atoms with Gasteiger partial charge in [-0.05, 0) is 38.2 Å². The van der Waals surface area contributed by atoms with Crippen LogP contribution in [0.2, 0.25) is 5.02 Å². The van der Waals surface area contributed by atoms with E-state index in [9.17, 15) is 4.39 Å². The lowest BCUT2D eigenvalue weighted by molar-refractivity contribution is 0.173. The second kappa shape index (κ2) is 6.68. The highest BCUT2D eigenvalue weighted by molar-refractivity contribution is 6.30. The zero-order chi connectivity index (χ0) is 14.5. The highest BCUT2D eigenvalue weighted by Crippen LogP contribution is 2.24. The van der Waals surface area contributed by atoms with Crippen molar-refractivity contribution in [1.29, 1.82) is 0 Å². The number of nitrogens with one attached hydrogen (secondary N) is 1. The van der Waals surface area contributed by atoms with Crippen LogP contribution >= 0.6 is 11.6 Å². The van der Waals surface area contributed by atoms with Crippen molar-refractivity contribution in [2.75, 3.05) is 7.05 Å². The van der Waals surface area contributed by atoms with Gasteiger partial charge < -0.3 is 10.1 Å². The molecule has 2 atom stereocenters. The molecule has 2 unspecified atom stereocenters. The summed E-state index contributed by atoms with van der Waals surface area (Å²) in [5, 5.41) is 3.67. The Labute approximate surface area is 122 Å². The third-order valence-electron chi connectivity index (χ3n) is 3.04. The zero-order valence-electron chi connectivity index (χ0n) is 11.3. The molecule has 2 aromatic rings.